The van der Waals surface area contributed by atoms with Crippen LogP contribution in [0.2, 0.25) is 0 Å². The van der Waals surface area contributed by atoms with E-state index in [1.165, 1.54) is 0 Å². The first-order chi connectivity index (χ1) is 4.09. The average molecular weight is 170 g/mol. The predicted octanol–water partition coefficient (Wildman–Crippen LogP) is 0.369. The zero-order chi connectivity index (χ0) is 7.44. The molecular weight excluding hydrogens is 167 g/mol. The summed E-state index contributed by atoms with van der Waals surface area (Å²) in [5, 5.41) is 0. The van der Waals surface area contributed by atoms with Gasteiger partial charge in [0.2, 0.25) is 0 Å². The van der Waals surface area contributed by atoms with E-state index in [1.54, 1.807) is 0 Å². The first kappa shape index (κ1) is 12.8. The number of hydrogen-bond acceptors (Lipinski definition) is 2. The molecule has 0 saturated carbocycles. The Morgan fingerprint density at radius 2 is 1.70 bits per heavy atom. The molecule has 0 aliphatic rings. The molecule has 1 unspecified atom stereocenters. The second-order valence-electron chi connectivity index (χ2n) is 1.13. The summed E-state index contributed by atoms with van der Waals surface area (Å²) in [6.45, 7) is 0. The molecule has 0 spiro atoms. The molecule has 0 bridgehead atoms. The summed E-state index contributed by atoms with van der Waals surface area (Å²) in [6.07, 6.45) is -6.72. The molecule has 0 heterocycles. The van der Waals surface area contributed by atoms with E-state index in [2.05, 4.69) is 4.94 Å². The predicted molar refractivity (Wildman–Crippen MR) is 25.2 cm³/mol. The minimum atomic E-state index is -3.53. The molecule has 0 N–H and O–H groups in total. The molecule has 0 aliphatic carbocycles. The van der Waals surface area contributed by atoms with E-state index in [9.17, 15) is 22.5 Å². The molecule has 0 aromatic carbocycles. The minimum absolute atomic E-state index is 0. The van der Waals surface area contributed by atoms with Crippen molar-refractivity contribution in [1.29, 1.82) is 0 Å². The molecule has 0 aromatic heterocycles. The van der Waals surface area contributed by atoms with E-state index in [4.69, 9.17) is 0 Å². The Balaban J connectivity index is 0. The van der Waals surface area contributed by atoms with E-state index >= 15 is 0 Å². The van der Waals surface area contributed by atoms with Crippen molar-refractivity contribution in [2.45, 2.75) is 12.6 Å². The summed E-state index contributed by atoms with van der Waals surface area (Å²) in [6, 6.07) is 0. The van der Waals surface area contributed by atoms with Crippen LogP contribution >= 0.6 is 0 Å². The number of alkyl halides is 3. The monoisotopic (exact) mass is 170 g/mol. The van der Waals surface area contributed by atoms with Crippen molar-refractivity contribution in [2.24, 2.45) is 0 Å². The van der Waals surface area contributed by atoms with Crippen LogP contribution in [0.15, 0.2) is 0 Å². The molecule has 7 heteroatoms. The molecule has 2 nitrogen and oxygen atoms in total. The Morgan fingerprint density at radius 1 is 1.30 bits per heavy atom. The maximum absolute atomic E-state index is 11.5. The summed E-state index contributed by atoms with van der Waals surface area (Å²) >= 11 is 0. The van der Waals surface area contributed by atoms with Gasteiger partial charge in [0.25, 0.3) is 12.6 Å². The van der Waals surface area contributed by atoms with Crippen molar-refractivity contribution in [3.63, 3.8) is 0 Å². The Hall–Kier alpha value is 0.190. The normalized spacial score (nSPS) is 12.1. The molecule has 0 saturated heterocycles. The van der Waals surface area contributed by atoms with Crippen molar-refractivity contribution in [1.82, 2.24) is 0 Å². The van der Waals surface area contributed by atoms with Gasteiger partial charge in [-0.1, -0.05) is 0 Å². The number of halogens is 4. The zero-order valence-electron chi connectivity index (χ0n) is 3.98. The van der Waals surface area contributed by atoms with Crippen molar-refractivity contribution < 1.29 is 27.4 Å². The standard InChI is InChI=1S/C3H2F4O2.Na.H/c4-1(2(5)6)3(8)9-7;;/h1-2H;;. The maximum atomic E-state index is 11.5. The summed E-state index contributed by atoms with van der Waals surface area (Å²) in [4.78, 5) is 11.7. The van der Waals surface area contributed by atoms with Crippen molar-refractivity contribution in [3.05, 3.63) is 0 Å². The number of rotatable bonds is 2. The van der Waals surface area contributed by atoms with Crippen molar-refractivity contribution >= 4 is 35.5 Å². The SMILES string of the molecule is O=C(OF)C(F)C(F)F.[NaH]. The quantitative estimate of drug-likeness (QED) is 0.442. The van der Waals surface area contributed by atoms with Gasteiger partial charge >= 0.3 is 35.5 Å². The summed E-state index contributed by atoms with van der Waals surface area (Å²) < 4.78 is 44.1. The van der Waals surface area contributed by atoms with Crippen LogP contribution < -0.4 is 0 Å². The van der Waals surface area contributed by atoms with Gasteiger partial charge in [-0.2, -0.15) is 0 Å². The fraction of sp³-hybridized carbons (Fsp3) is 0.667. The fourth-order valence-electron chi connectivity index (χ4n) is 0.145. The Labute approximate surface area is 75.7 Å². The second kappa shape index (κ2) is 5.94. The van der Waals surface area contributed by atoms with Crippen LogP contribution in [0.1, 0.15) is 0 Å². The van der Waals surface area contributed by atoms with Crippen LogP contribution in [-0.4, -0.2) is 48.1 Å². The van der Waals surface area contributed by atoms with Gasteiger partial charge < -0.3 is 0 Å². The van der Waals surface area contributed by atoms with Gasteiger partial charge in [0.15, 0.2) is 0 Å². The van der Waals surface area contributed by atoms with E-state index in [-0.39, 0.29) is 29.6 Å². The molecule has 10 heavy (non-hydrogen) atoms. The molecule has 0 radical (unpaired) electrons. The topological polar surface area (TPSA) is 26.3 Å². The van der Waals surface area contributed by atoms with Gasteiger partial charge in [0.05, 0.1) is 0 Å². The first-order valence-corrected chi connectivity index (χ1v) is 1.84. The molecule has 56 valence electrons. The van der Waals surface area contributed by atoms with Crippen LogP contribution in [0.3, 0.4) is 0 Å². The Kier molecular flexibility index (Phi) is 7.62. The average Bonchev–Trinajstić information content (AvgIpc) is 1.84. The fourth-order valence-corrected chi connectivity index (χ4v) is 0.145. The van der Waals surface area contributed by atoms with E-state index < -0.39 is 18.6 Å². The molecular formula is C3H3F4NaO2. The van der Waals surface area contributed by atoms with Gasteiger partial charge in [-0.15, -0.1) is 0 Å². The molecule has 0 fully saturated rings. The zero-order valence-corrected chi connectivity index (χ0v) is 3.98. The van der Waals surface area contributed by atoms with Gasteiger partial charge in [-0.25, -0.2) is 18.0 Å². The third kappa shape index (κ3) is 4.08. The Morgan fingerprint density at radius 3 is 1.80 bits per heavy atom. The first-order valence-electron chi connectivity index (χ1n) is 1.84. The van der Waals surface area contributed by atoms with Gasteiger partial charge in [-0.3, -0.25) is 4.94 Å². The molecule has 0 amide bonds. The third-order valence-electron chi connectivity index (χ3n) is 0.522. The van der Waals surface area contributed by atoms with Crippen LogP contribution in [0, 0.1) is 0 Å². The number of hydrogen-bond donors (Lipinski definition) is 0. The molecule has 0 rings (SSSR count). The summed E-state index contributed by atoms with van der Waals surface area (Å²) in [7, 11) is 0. The van der Waals surface area contributed by atoms with Crippen molar-refractivity contribution in [3.8, 4) is 0 Å². The number of carbonyl (C=O) groups excluding carboxylic acids is 1. The summed E-state index contributed by atoms with van der Waals surface area (Å²) in [5.41, 5.74) is 0. The van der Waals surface area contributed by atoms with Gasteiger partial charge in [0.1, 0.15) is 0 Å². The van der Waals surface area contributed by atoms with Crippen LogP contribution in [0.25, 0.3) is 0 Å². The van der Waals surface area contributed by atoms with Crippen LogP contribution in [0.5, 0.6) is 0 Å². The molecule has 1 atom stereocenters. The van der Waals surface area contributed by atoms with Gasteiger partial charge in [-0.05, 0) is 0 Å². The molecule has 0 aromatic rings. The van der Waals surface area contributed by atoms with Gasteiger partial charge in [0, 0.05) is 4.53 Å². The van der Waals surface area contributed by atoms with Crippen LogP contribution in [-0.2, 0) is 9.74 Å². The summed E-state index contributed by atoms with van der Waals surface area (Å²) in [5.74, 6) is -2.20. The Bertz CT molecular complexity index is 109. The molecule has 0 aliphatic heterocycles. The van der Waals surface area contributed by atoms with Crippen molar-refractivity contribution in [2.75, 3.05) is 0 Å². The van der Waals surface area contributed by atoms with E-state index in [1.807, 2.05) is 0 Å². The van der Waals surface area contributed by atoms with E-state index in [0.717, 1.165) is 0 Å². The van der Waals surface area contributed by atoms with E-state index in [0.29, 0.717) is 0 Å². The second-order valence-corrected chi connectivity index (χ2v) is 1.13. The van der Waals surface area contributed by atoms with Crippen LogP contribution in [0.4, 0.5) is 17.7 Å². The number of carbonyl (C=O) groups is 1. The third-order valence-corrected chi connectivity index (χ3v) is 0.522.